The quantitative estimate of drug-likeness (QED) is 0.850. The fourth-order valence-electron chi connectivity index (χ4n) is 2.73. The number of benzene rings is 1. The molecule has 2 aromatic rings. The monoisotopic (exact) mass is 309 g/mol. The van der Waals surface area contributed by atoms with Crippen molar-refractivity contribution in [2.24, 2.45) is 0 Å². The molecule has 1 aromatic heterocycles. The molecule has 0 spiro atoms. The van der Waals surface area contributed by atoms with E-state index in [0.29, 0.717) is 30.1 Å². The largest absolute Gasteiger partial charge is 0.464 e. The molecule has 0 amide bonds. The van der Waals surface area contributed by atoms with Gasteiger partial charge >= 0.3 is 0 Å². The van der Waals surface area contributed by atoms with E-state index < -0.39 is 5.76 Å². The Labute approximate surface area is 126 Å². The number of fused-ring (bicyclic) bond motifs is 1. The molecule has 0 radical (unpaired) electrons. The summed E-state index contributed by atoms with van der Waals surface area (Å²) in [7, 11) is 0. The molecule has 0 aliphatic heterocycles. The van der Waals surface area contributed by atoms with Gasteiger partial charge in [0.15, 0.2) is 0 Å². The molecule has 2 nitrogen and oxygen atoms in total. The minimum absolute atomic E-state index is 0.212. The zero-order valence-corrected chi connectivity index (χ0v) is 12.3. The molecule has 0 saturated carbocycles. The summed E-state index contributed by atoms with van der Waals surface area (Å²) in [6, 6.07) is 12.4. The first-order chi connectivity index (χ1) is 10.2. The van der Waals surface area contributed by atoms with Crippen LogP contribution >= 0.6 is 11.8 Å². The average molecular weight is 309 g/mol. The molecule has 112 valence electrons. The van der Waals surface area contributed by atoms with Gasteiger partial charge in [-0.25, -0.2) is 0 Å². The highest BCUT2D eigenvalue weighted by molar-refractivity contribution is 7.98. The van der Waals surface area contributed by atoms with Crippen LogP contribution in [0, 0.1) is 0 Å². The maximum absolute atomic E-state index is 12.1. The summed E-state index contributed by atoms with van der Waals surface area (Å²) in [5, 5.41) is 3.48. The molecular formula is C16H17F2NOS. The third-order valence-electron chi connectivity index (χ3n) is 3.72. The number of rotatable bonds is 6. The Kier molecular flexibility index (Phi) is 4.60. The summed E-state index contributed by atoms with van der Waals surface area (Å²) in [5.41, 5.74) is 2.76. The highest BCUT2D eigenvalue weighted by atomic mass is 32.2. The molecule has 21 heavy (non-hydrogen) atoms. The molecule has 0 bridgehead atoms. The zero-order chi connectivity index (χ0) is 14.7. The number of furan rings is 1. The topological polar surface area (TPSA) is 25.2 Å². The van der Waals surface area contributed by atoms with E-state index in [1.165, 1.54) is 11.1 Å². The van der Waals surface area contributed by atoms with Crippen molar-refractivity contribution in [3.8, 4) is 0 Å². The van der Waals surface area contributed by atoms with Crippen molar-refractivity contribution >= 4 is 11.8 Å². The second-order valence-corrected chi connectivity index (χ2v) is 6.09. The average Bonchev–Trinajstić information content (AvgIpc) is 3.10. The lowest BCUT2D eigenvalue weighted by Crippen LogP contribution is -2.18. The molecule has 0 fully saturated rings. The van der Waals surface area contributed by atoms with Crippen LogP contribution in [0.4, 0.5) is 8.78 Å². The molecule has 1 aliphatic rings. The van der Waals surface area contributed by atoms with Crippen LogP contribution in [0.5, 0.6) is 0 Å². The van der Waals surface area contributed by atoms with Gasteiger partial charge < -0.3 is 9.73 Å². The molecule has 1 aromatic carbocycles. The van der Waals surface area contributed by atoms with Crippen LogP contribution in [0.1, 0.15) is 35.1 Å². The van der Waals surface area contributed by atoms with Gasteiger partial charge in [0.25, 0.3) is 5.76 Å². The predicted molar refractivity (Wildman–Crippen MR) is 80.4 cm³/mol. The van der Waals surface area contributed by atoms with Gasteiger partial charge in [-0.2, -0.15) is 8.78 Å². The van der Waals surface area contributed by atoms with E-state index >= 15 is 0 Å². The fraction of sp³-hybridized carbons (Fsp3) is 0.375. The van der Waals surface area contributed by atoms with Crippen molar-refractivity contribution in [2.75, 3.05) is 0 Å². The SMILES string of the molecule is FC(F)SCc1ccc(CN[C@H]2CCc3ccccc32)o1. The fourth-order valence-corrected chi connectivity index (χ4v) is 3.18. The van der Waals surface area contributed by atoms with Crippen molar-refractivity contribution in [3.63, 3.8) is 0 Å². The van der Waals surface area contributed by atoms with Crippen LogP contribution in [0.3, 0.4) is 0 Å². The van der Waals surface area contributed by atoms with E-state index in [1.807, 2.05) is 6.07 Å². The van der Waals surface area contributed by atoms with E-state index in [1.54, 1.807) is 6.07 Å². The van der Waals surface area contributed by atoms with Gasteiger partial charge in [0.1, 0.15) is 11.5 Å². The Hall–Kier alpha value is -1.33. The first-order valence-electron chi connectivity index (χ1n) is 7.01. The van der Waals surface area contributed by atoms with Crippen LogP contribution in [0.15, 0.2) is 40.8 Å². The molecule has 5 heteroatoms. The number of halogens is 2. The van der Waals surface area contributed by atoms with E-state index in [9.17, 15) is 8.78 Å². The van der Waals surface area contributed by atoms with Gasteiger partial charge in [-0.15, -0.1) is 0 Å². The summed E-state index contributed by atoms with van der Waals surface area (Å²) in [4.78, 5) is 0. The number of thioether (sulfide) groups is 1. The van der Waals surface area contributed by atoms with Crippen molar-refractivity contribution in [1.29, 1.82) is 0 Å². The number of hydrogen-bond acceptors (Lipinski definition) is 3. The van der Waals surface area contributed by atoms with E-state index in [4.69, 9.17) is 4.42 Å². The van der Waals surface area contributed by atoms with Crippen LogP contribution in [0.25, 0.3) is 0 Å². The lowest BCUT2D eigenvalue weighted by Gasteiger charge is -2.12. The maximum atomic E-state index is 12.1. The highest BCUT2D eigenvalue weighted by Crippen LogP contribution is 2.31. The van der Waals surface area contributed by atoms with Crippen molar-refractivity contribution in [3.05, 3.63) is 59.0 Å². The Morgan fingerprint density at radius 2 is 2.00 bits per heavy atom. The number of aryl methyl sites for hydroxylation is 1. The second kappa shape index (κ2) is 6.62. The van der Waals surface area contributed by atoms with Crippen molar-refractivity contribution in [1.82, 2.24) is 5.32 Å². The number of alkyl halides is 2. The molecule has 0 saturated heterocycles. The number of nitrogens with one attached hydrogen (secondary N) is 1. The van der Waals surface area contributed by atoms with Gasteiger partial charge in [0.2, 0.25) is 0 Å². The van der Waals surface area contributed by atoms with E-state index in [-0.39, 0.29) is 5.75 Å². The molecule has 0 unspecified atom stereocenters. The standard InChI is InChI=1S/C16H17F2NOS/c17-16(18)21-10-13-7-6-12(20-13)9-19-15-8-5-11-3-1-2-4-14(11)15/h1-4,6-7,15-16,19H,5,8-10H2/t15-/m0/s1. The van der Waals surface area contributed by atoms with Gasteiger partial charge in [0, 0.05) is 6.04 Å². The third kappa shape index (κ3) is 3.66. The summed E-state index contributed by atoms with van der Waals surface area (Å²) in [6.45, 7) is 0.623. The Bertz CT molecular complexity index is 599. The second-order valence-electron chi connectivity index (χ2n) is 5.11. The third-order valence-corrected chi connectivity index (χ3v) is 4.43. The first-order valence-corrected chi connectivity index (χ1v) is 8.06. The summed E-state index contributed by atoms with van der Waals surface area (Å²) >= 11 is 0.584. The predicted octanol–water partition coefficient (Wildman–Crippen LogP) is 4.51. The normalized spacial score (nSPS) is 17.4. The number of hydrogen-bond donors (Lipinski definition) is 1. The van der Waals surface area contributed by atoms with Crippen LogP contribution in [-0.4, -0.2) is 5.76 Å². The Morgan fingerprint density at radius 3 is 2.86 bits per heavy atom. The Morgan fingerprint density at radius 1 is 1.19 bits per heavy atom. The molecule has 1 aliphatic carbocycles. The lowest BCUT2D eigenvalue weighted by molar-refractivity contribution is 0.251. The van der Waals surface area contributed by atoms with E-state index in [2.05, 4.69) is 29.6 Å². The highest BCUT2D eigenvalue weighted by Gasteiger charge is 2.21. The van der Waals surface area contributed by atoms with Gasteiger partial charge in [0.05, 0.1) is 12.3 Å². The van der Waals surface area contributed by atoms with Crippen molar-refractivity contribution in [2.45, 2.75) is 36.9 Å². The van der Waals surface area contributed by atoms with E-state index in [0.717, 1.165) is 18.6 Å². The minimum atomic E-state index is -2.35. The minimum Gasteiger partial charge on any atom is -0.464 e. The van der Waals surface area contributed by atoms with Gasteiger partial charge in [-0.3, -0.25) is 0 Å². The smallest absolute Gasteiger partial charge is 0.284 e. The zero-order valence-electron chi connectivity index (χ0n) is 11.5. The summed E-state index contributed by atoms with van der Waals surface area (Å²) < 4.78 is 29.8. The molecular weight excluding hydrogens is 292 g/mol. The van der Waals surface area contributed by atoms with Gasteiger partial charge in [-0.05, 0) is 36.1 Å². The maximum Gasteiger partial charge on any atom is 0.284 e. The summed E-state index contributed by atoms with van der Waals surface area (Å²) in [6.07, 6.45) is 2.19. The van der Waals surface area contributed by atoms with Crippen LogP contribution < -0.4 is 5.32 Å². The van der Waals surface area contributed by atoms with Crippen LogP contribution in [0.2, 0.25) is 0 Å². The molecule has 1 N–H and O–H groups in total. The van der Waals surface area contributed by atoms with Crippen LogP contribution in [-0.2, 0) is 18.7 Å². The lowest BCUT2D eigenvalue weighted by atomic mass is 10.1. The molecule has 1 heterocycles. The van der Waals surface area contributed by atoms with Crippen molar-refractivity contribution < 1.29 is 13.2 Å². The van der Waals surface area contributed by atoms with Gasteiger partial charge in [-0.1, -0.05) is 36.0 Å². The first kappa shape index (κ1) is 14.6. The molecule has 1 atom stereocenters. The molecule has 3 rings (SSSR count). The Balaban J connectivity index is 1.54. The summed E-state index contributed by atoms with van der Waals surface area (Å²) in [5.74, 6) is -0.746.